The second kappa shape index (κ2) is 7.45. The van der Waals surface area contributed by atoms with E-state index in [9.17, 15) is 0 Å². The molecule has 0 spiro atoms. The lowest BCUT2D eigenvalue weighted by Gasteiger charge is -2.08. The van der Waals surface area contributed by atoms with Crippen molar-refractivity contribution in [2.24, 2.45) is 0 Å². The van der Waals surface area contributed by atoms with Gasteiger partial charge in [0.25, 0.3) is 0 Å². The first-order valence-electron chi connectivity index (χ1n) is 6.76. The zero-order valence-electron chi connectivity index (χ0n) is 11.9. The molecule has 0 aliphatic heterocycles. The summed E-state index contributed by atoms with van der Waals surface area (Å²) in [6, 6.07) is 6.00. The number of benzene rings is 1. The van der Waals surface area contributed by atoms with E-state index in [-0.39, 0.29) is 0 Å². The van der Waals surface area contributed by atoms with Crippen LogP contribution in [-0.4, -0.2) is 23.2 Å². The summed E-state index contributed by atoms with van der Waals surface area (Å²) in [7, 11) is 1.68. The van der Waals surface area contributed by atoms with Gasteiger partial charge in [0, 0.05) is 23.8 Å². The molecule has 0 atom stereocenters. The highest BCUT2D eigenvalue weighted by Crippen LogP contribution is 2.23. The summed E-state index contributed by atoms with van der Waals surface area (Å²) < 4.78 is 8.43. The molecule has 5 heteroatoms. The van der Waals surface area contributed by atoms with Crippen LogP contribution in [-0.2, 0) is 13.1 Å². The second-order valence-electron chi connectivity index (χ2n) is 4.67. The van der Waals surface area contributed by atoms with Crippen molar-refractivity contribution in [3.8, 4) is 5.75 Å². The first kappa shape index (κ1) is 15.1. The minimum Gasteiger partial charge on any atom is -0.497 e. The Morgan fingerprint density at radius 1 is 1.40 bits per heavy atom. The number of rotatable bonds is 7. The SMILES string of the molecule is CCCNCc1cn(Cc2cc(OC)ccc2Br)cn1. The average Bonchev–Trinajstić information content (AvgIpc) is 2.89. The van der Waals surface area contributed by atoms with Gasteiger partial charge in [-0.1, -0.05) is 22.9 Å². The third kappa shape index (κ3) is 4.08. The highest BCUT2D eigenvalue weighted by Gasteiger charge is 2.04. The van der Waals surface area contributed by atoms with E-state index in [1.54, 1.807) is 7.11 Å². The Morgan fingerprint density at radius 2 is 2.25 bits per heavy atom. The van der Waals surface area contributed by atoms with Crippen molar-refractivity contribution >= 4 is 15.9 Å². The van der Waals surface area contributed by atoms with Crippen LogP contribution in [0.3, 0.4) is 0 Å². The highest BCUT2D eigenvalue weighted by molar-refractivity contribution is 9.10. The largest absolute Gasteiger partial charge is 0.497 e. The predicted octanol–water partition coefficient (Wildman–Crippen LogP) is 3.20. The number of hydrogen-bond donors (Lipinski definition) is 1. The maximum Gasteiger partial charge on any atom is 0.119 e. The van der Waals surface area contributed by atoms with Crippen molar-refractivity contribution in [3.63, 3.8) is 0 Å². The molecule has 0 saturated carbocycles. The monoisotopic (exact) mass is 337 g/mol. The van der Waals surface area contributed by atoms with Gasteiger partial charge < -0.3 is 14.6 Å². The molecular formula is C15H20BrN3O. The van der Waals surface area contributed by atoms with Gasteiger partial charge in [0.05, 0.1) is 19.1 Å². The van der Waals surface area contributed by atoms with E-state index >= 15 is 0 Å². The quantitative estimate of drug-likeness (QED) is 0.788. The Kier molecular flexibility index (Phi) is 5.61. The maximum atomic E-state index is 5.26. The number of methoxy groups -OCH3 is 1. The molecule has 0 aliphatic rings. The first-order chi connectivity index (χ1) is 9.72. The van der Waals surface area contributed by atoms with Crippen LogP contribution in [0.4, 0.5) is 0 Å². The van der Waals surface area contributed by atoms with Crippen LogP contribution in [0, 0.1) is 0 Å². The summed E-state index contributed by atoms with van der Waals surface area (Å²) in [6.45, 7) is 4.78. The molecule has 1 aromatic carbocycles. The number of nitrogens with zero attached hydrogens (tertiary/aromatic N) is 2. The van der Waals surface area contributed by atoms with Gasteiger partial charge in [0.1, 0.15) is 5.75 Å². The zero-order valence-corrected chi connectivity index (χ0v) is 13.5. The fourth-order valence-corrected chi connectivity index (χ4v) is 2.35. The van der Waals surface area contributed by atoms with Gasteiger partial charge >= 0.3 is 0 Å². The number of nitrogens with one attached hydrogen (secondary N) is 1. The van der Waals surface area contributed by atoms with E-state index in [2.05, 4.69) is 43.9 Å². The number of halogens is 1. The van der Waals surface area contributed by atoms with E-state index in [1.807, 2.05) is 24.5 Å². The molecule has 0 aliphatic carbocycles. The molecule has 0 bridgehead atoms. The van der Waals surface area contributed by atoms with Crippen LogP contribution in [0.5, 0.6) is 5.75 Å². The third-order valence-electron chi connectivity index (χ3n) is 3.03. The van der Waals surface area contributed by atoms with Crippen molar-refractivity contribution in [2.75, 3.05) is 13.7 Å². The lowest BCUT2D eigenvalue weighted by atomic mass is 10.2. The fourth-order valence-electron chi connectivity index (χ4n) is 1.97. The highest BCUT2D eigenvalue weighted by atomic mass is 79.9. The van der Waals surface area contributed by atoms with E-state index in [4.69, 9.17) is 4.74 Å². The molecule has 0 unspecified atom stereocenters. The van der Waals surface area contributed by atoms with Crippen molar-refractivity contribution in [3.05, 3.63) is 46.5 Å². The molecule has 0 radical (unpaired) electrons. The fraction of sp³-hybridized carbons (Fsp3) is 0.400. The normalized spacial score (nSPS) is 10.8. The molecular weight excluding hydrogens is 318 g/mol. The van der Waals surface area contributed by atoms with Crippen LogP contribution >= 0.6 is 15.9 Å². The summed E-state index contributed by atoms with van der Waals surface area (Å²) in [6.07, 6.45) is 5.08. The smallest absolute Gasteiger partial charge is 0.119 e. The molecule has 1 N–H and O–H groups in total. The lowest BCUT2D eigenvalue weighted by Crippen LogP contribution is -2.13. The van der Waals surface area contributed by atoms with Gasteiger partial charge in [-0.2, -0.15) is 0 Å². The molecule has 108 valence electrons. The number of ether oxygens (including phenoxy) is 1. The number of aromatic nitrogens is 2. The number of imidazole rings is 1. The van der Waals surface area contributed by atoms with E-state index in [0.29, 0.717) is 0 Å². The summed E-state index contributed by atoms with van der Waals surface area (Å²) in [4.78, 5) is 4.41. The lowest BCUT2D eigenvalue weighted by molar-refractivity contribution is 0.414. The molecule has 4 nitrogen and oxygen atoms in total. The Hall–Kier alpha value is -1.33. The molecule has 20 heavy (non-hydrogen) atoms. The minimum absolute atomic E-state index is 0.776. The molecule has 0 amide bonds. The molecule has 0 saturated heterocycles. The molecule has 2 rings (SSSR count). The van der Waals surface area contributed by atoms with Crippen molar-refractivity contribution in [1.29, 1.82) is 0 Å². The summed E-state index contributed by atoms with van der Waals surface area (Å²) in [5, 5.41) is 3.35. The van der Waals surface area contributed by atoms with E-state index in [0.717, 1.165) is 42.0 Å². The Morgan fingerprint density at radius 3 is 3.00 bits per heavy atom. The Labute approximate surface area is 128 Å². The zero-order chi connectivity index (χ0) is 14.4. The van der Waals surface area contributed by atoms with Crippen molar-refractivity contribution in [2.45, 2.75) is 26.4 Å². The number of hydrogen-bond acceptors (Lipinski definition) is 3. The van der Waals surface area contributed by atoms with Crippen molar-refractivity contribution < 1.29 is 4.74 Å². The third-order valence-corrected chi connectivity index (χ3v) is 3.80. The molecule has 0 fully saturated rings. The summed E-state index contributed by atoms with van der Waals surface area (Å²) >= 11 is 3.57. The summed E-state index contributed by atoms with van der Waals surface area (Å²) in [5.41, 5.74) is 2.24. The average molecular weight is 338 g/mol. The molecule has 1 heterocycles. The standard InChI is InChI=1S/C15H20BrN3O/c1-3-6-17-8-13-10-19(11-18-13)9-12-7-14(20-2)4-5-15(12)16/h4-5,7,10-11,17H,3,6,8-9H2,1-2H3. The Balaban J connectivity index is 2.03. The van der Waals surface area contributed by atoms with Gasteiger partial charge in [0.2, 0.25) is 0 Å². The first-order valence-corrected chi connectivity index (χ1v) is 7.56. The van der Waals surface area contributed by atoms with Gasteiger partial charge in [-0.3, -0.25) is 0 Å². The van der Waals surface area contributed by atoms with Gasteiger partial charge in [0.15, 0.2) is 0 Å². The molecule has 1 aromatic heterocycles. The maximum absolute atomic E-state index is 5.26. The molecule has 2 aromatic rings. The minimum atomic E-state index is 0.776. The van der Waals surface area contributed by atoms with Gasteiger partial charge in [-0.05, 0) is 36.7 Å². The van der Waals surface area contributed by atoms with E-state index < -0.39 is 0 Å². The Bertz CT molecular complexity index is 554. The summed E-state index contributed by atoms with van der Waals surface area (Å²) in [5.74, 6) is 0.869. The van der Waals surface area contributed by atoms with E-state index in [1.165, 1.54) is 5.56 Å². The van der Waals surface area contributed by atoms with Crippen LogP contribution in [0.15, 0.2) is 35.2 Å². The van der Waals surface area contributed by atoms with Crippen LogP contribution in [0.2, 0.25) is 0 Å². The van der Waals surface area contributed by atoms with Crippen LogP contribution in [0.1, 0.15) is 24.6 Å². The topological polar surface area (TPSA) is 39.1 Å². The predicted molar refractivity (Wildman–Crippen MR) is 84.0 cm³/mol. The second-order valence-corrected chi connectivity index (χ2v) is 5.53. The van der Waals surface area contributed by atoms with Crippen LogP contribution < -0.4 is 10.1 Å². The van der Waals surface area contributed by atoms with Gasteiger partial charge in [-0.15, -0.1) is 0 Å². The van der Waals surface area contributed by atoms with Crippen molar-refractivity contribution in [1.82, 2.24) is 14.9 Å². The van der Waals surface area contributed by atoms with Crippen LogP contribution in [0.25, 0.3) is 0 Å². The van der Waals surface area contributed by atoms with Gasteiger partial charge in [-0.25, -0.2) is 4.98 Å².